The normalized spacial score (nSPS) is 24.6. The van der Waals surface area contributed by atoms with Gasteiger partial charge in [-0.05, 0) is 91.2 Å². The van der Waals surface area contributed by atoms with E-state index in [1.807, 2.05) is 37.5 Å². The highest BCUT2D eigenvalue weighted by atomic mass is 35.5. The smallest absolute Gasteiger partial charge is 0.329 e. The fourth-order valence-electron chi connectivity index (χ4n) is 7.30. The third kappa shape index (κ3) is 4.72. The van der Waals surface area contributed by atoms with Gasteiger partial charge in [-0.3, -0.25) is 4.98 Å². The lowest BCUT2D eigenvalue weighted by molar-refractivity contribution is -0.144. The molecule has 6 rings (SSSR count). The van der Waals surface area contributed by atoms with Gasteiger partial charge in [0.1, 0.15) is 16.8 Å². The van der Waals surface area contributed by atoms with Crippen LogP contribution in [0.5, 0.6) is 5.75 Å². The van der Waals surface area contributed by atoms with E-state index in [1.54, 1.807) is 18.3 Å². The Morgan fingerprint density at radius 2 is 1.95 bits per heavy atom. The molecule has 1 spiro atoms. The minimum atomic E-state index is -1.01. The molecule has 4 aromatic rings. The second-order valence-corrected chi connectivity index (χ2v) is 12.3. The summed E-state index contributed by atoms with van der Waals surface area (Å²) in [6.45, 7) is 2.90. The summed E-state index contributed by atoms with van der Waals surface area (Å²) in [5.74, 6) is 0.852. The Labute approximate surface area is 240 Å². The lowest BCUT2D eigenvalue weighted by atomic mass is 9.59. The van der Waals surface area contributed by atoms with Crippen molar-refractivity contribution in [3.8, 4) is 5.75 Å². The first-order valence-corrected chi connectivity index (χ1v) is 14.6. The lowest BCUT2D eigenvalue weighted by Gasteiger charge is -2.47. The van der Waals surface area contributed by atoms with E-state index in [-0.39, 0.29) is 5.41 Å². The maximum absolute atomic E-state index is 12.7. The van der Waals surface area contributed by atoms with E-state index in [1.165, 1.54) is 11.1 Å². The first kappa shape index (κ1) is 26.7. The summed E-state index contributed by atoms with van der Waals surface area (Å²) in [6.07, 6.45) is 8.65. The summed E-state index contributed by atoms with van der Waals surface area (Å²) in [7, 11) is 2.02. The monoisotopic (exact) mass is 557 g/mol. The zero-order valence-corrected chi connectivity index (χ0v) is 23.8. The van der Waals surface area contributed by atoms with Crippen molar-refractivity contribution < 1.29 is 14.6 Å². The van der Waals surface area contributed by atoms with Crippen LogP contribution in [0.3, 0.4) is 0 Å². The van der Waals surface area contributed by atoms with Gasteiger partial charge >= 0.3 is 5.97 Å². The van der Waals surface area contributed by atoms with E-state index >= 15 is 0 Å². The largest absolute Gasteiger partial charge is 0.491 e. The van der Waals surface area contributed by atoms with Crippen LogP contribution in [0.15, 0.2) is 73.1 Å². The van der Waals surface area contributed by atoms with E-state index < -0.39 is 11.5 Å². The maximum atomic E-state index is 12.7. The van der Waals surface area contributed by atoms with Crippen LogP contribution in [0.4, 0.5) is 5.69 Å². The number of halogens is 1. The minimum Gasteiger partial charge on any atom is -0.491 e. The predicted octanol–water partition coefficient (Wildman–Crippen LogP) is 7.25. The van der Waals surface area contributed by atoms with Crippen molar-refractivity contribution in [2.24, 2.45) is 18.9 Å². The van der Waals surface area contributed by atoms with Gasteiger partial charge in [0.2, 0.25) is 0 Å². The molecular weight excluding hydrogens is 522 g/mol. The molecule has 7 heteroatoms. The number of pyridine rings is 1. The number of ether oxygens (including phenoxy) is 1. The summed E-state index contributed by atoms with van der Waals surface area (Å²) in [4.78, 5) is 17.1. The van der Waals surface area contributed by atoms with Gasteiger partial charge in [-0.1, -0.05) is 48.9 Å². The molecule has 1 saturated carbocycles. The van der Waals surface area contributed by atoms with Gasteiger partial charge in [0.25, 0.3) is 0 Å². The van der Waals surface area contributed by atoms with Gasteiger partial charge in [0.05, 0.1) is 12.1 Å². The number of hydrogen-bond acceptors (Lipinski definition) is 4. The molecule has 0 radical (unpaired) electrons. The number of rotatable bonds is 8. The highest BCUT2D eigenvalue weighted by Crippen LogP contribution is 2.56. The number of hydrogen-bond donors (Lipinski definition) is 2. The molecule has 2 aliphatic rings. The van der Waals surface area contributed by atoms with Crippen molar-refractivity contribution in [1.29, 1.82) is 0 Å². The molecule has 0 saturated heterocycles. The topological polar surface area (TPSA) is 76.4 Å². The van der Waals surface area contributed by atoms with Crippen LogP contribution in [-0.2, 0) is 23.7 Å². The molecule has 0 bridgehead atoms. The number of aromatic nitrogens is 2. The van der Waals surface area contributed by atoms with E-state index in [4.69, 9.17) is 16.3 Å². The quantitative estimate of drug-likeness (QED) is 0.238. The minimum absolute atomic E-state index is 0.0259. The molecule has 2 heterocycles. The summed E-state index contributed by atoms with van der Waals surface area (Å²) in [5, 5.41) is 14.4. The van der Waals surface area contributed by atoms with Crippen molar-refractivity contribution in [3.05, 3.63) is 89.2 Å². The first-order chi connectivity index (χ1) is 19.3. The molecule has 40 heavy (non-hydrogen) atoms. The Kier molecular flexibility index (Phi) is 6.99. The number of carbonyl (C=O) groups is 1. The van der Waals surface area contributed by atoms with E-state index in [2.05, 4.69) is 46.1 Å². The van der Waals surface area contributed by atoms with Gasteiger partial charge in [0.15, 0.2) is 0 Å². The Balaban J connectivity index is 1.21. The zero-order chi connectivity index (χ0) is 27.9. The van der Waals surface area contributed by atoms with Crippen LogP contribution >= 0.6 is 11.6 Å². The molecule has 2 N–H and O–H groups in total. The molecule has 0 aliphatic heterocycles. The number of aliphatic carboxylic acids is 1. The van der Waals surface area contributed by atoms with Crippen LogP contribution in [-0.4, -0.2) is 32.8 Å². The van der Waals surface area contributed by atoms with Gasteiger partial charge in [-0.15, -0.1) is 0 Å². The van der Waals surface area contributed by atoms with Crippen LogP contribution in [0.2, 0.25) is 5.02 Å². The van der Waals surface area contributed by atoms with Crippen LogP contribution in [0, 0.1) is 11.8 Å². The number of benzene rings is 2. The number of aryl methyl sites for hydroxylation is 1. The van der Waals surface area contributed by atoms with E-state index in [0.717, 1.165) is 48.2 Å². The highest BCUT2D eigenvalue weighted by Gasteiger charge is 2.54. The van der Waals surface area contributed by atoms with Crippen molar-refractivity contribution in [2.75, 3.05) is 11.9 Å². The molecule has 6 nitrogen and oxygen atoms in total. The molecule has 1 unspecified atom stereocenters. The molecule has 2 aromatic heterocycles. The van der Waals surface area contributed by atoms with Gasteiger partial charge in [-0.25, -0.2) is 4.79 Å². The maximum Gasteiger partial charge on any atom is 0.329 e. The van der Waals surface area contributed by atoms with Crippen molar-refractivity contribution in [1.82, 2.24) is 9.55 Å². The second kappa shape index (κ2) is 10.5. The highest BCUT2D eigenvalue weighted by molar-refractivity contribution is 6.30. The van der Waals surface area contributed by atoms with Crippen molar-refractivity contribution in [3.63, 3.8) is 0 Å². The van der Waals surface area contributed by atoms with Crippen molar-refractivity contribution in [2.45, 2.75) is 56.4 Å². The summed E-state index contributed by atoms with van der Waals surface area (Å²) in [6, 6.07) is 20.1. The number of nitrogens with one attached hydrogen (secondary N) is 1. The van der Waals surface area contributed by atoms with E-state index in [9.17, 15) is 9.90 Å². The molecular formula is C33H36ClN3O3. The zero-order valence-electron chi connectivity index (χ0n) is 23.1. The fraction of sp³-hybridized carbons (Fsp3) is 0.394. The molecule has 0 amide bonds. The number of nitrogens with zero attached hydrogens (tertiary/aromatic N) is 2. The Bertz CT molecular complexity index is 1540. The molecule has 2 atom stereocenters. The lowest BCUT2D eigenvalue weighted by Crippen LogP contribution is -2.53. The molecule has 208 valence electrons. The van der Waals surface area contributed by atoms with Crippen LogP contribution < -0.4 is 10.1 Å². The SMILES string of the molecule is C[C@@H](COc1ccnc2ccn(C)c12)CC1Cc2ccccc2C12CCC(Nc1cccc(Cl)c1)(C(=O)O)CC2. The van der Waals surface area contributed by atoms with E-state index in [0.29, 0.717) is 36.3 Å². The Morgan fingerprint density at radius 3 is 2.73 bits per heavy atom. The fourth-order valence-corrected chi connectivity index (χ4v) is 7.49. The van der Waals surface area contributed by atoms with Gasteiger partial charge in [-0.2, -0.15) is 0 Å². The second-order valence-electron chi connectivity index (χ2n) is 11.9. The molecule has 2 aromatic carbocycles. The number of carboxylic acid groups (broad SMARTS) is 1. The summed E-state index contributed by atoms with van der Waals surface area (Å²) < 4.78 is 8.42. The summed E-state index contributed by atoms with van der Waals surface area (Å²) >= 11 is 6.20. The first-order valence-electron chi connectivity index (χ1n) is 14.2. The van der Waals surface area contributed by atoms with Crippen LogP contribution in [0.1, 0.15) is 50.2 Å². The Hall–Kier alpha value is -3.51. The number of anilines is 1. The van der Waals surface area contributed by atoms with Gasteiger partial charge in [0, 0.05) is 36.2 Å². The Morgan fingerprint density at radius 1 is 1.15 bits per heavy atom. The standard InChI is InChI=1S/C33H36ClN3O3/c1-22(21-40-29-10-16-35-28-11-17-37(2)30(28)29)18-24-19-23-6-3-4-9-27(23)32(24)12-14-33(15-13-32,31(38)39)36-26-8-5-7-25(34)20-26/h3-11,16-17,20,22,24,36H,12-15,18-19,21H2,1-2H3,(H,38,39)/t22-,24?,32?,33?/m1/s1. The number of carboxylic acids is 1. The number of fused-ring (bicyclic) bond motifs is 3. The average Bonchev–Trinajstić information content (AvgIpc) is 3.47. The predicted molar refractivity (Wildman–Crippen MR) is 159 cm³/mol. The van der Waals surface area contributed by atoms with Crippen LogP contribution in [0.25, 0.3) is 11.0 Å². The summed E-state index contributed by atoms with van der Waals surface area (Å²) in [5.41, 5.74) is 4.50. The van der Waals surface area contributed by atoms with Crippen molar-refractivity contribution >= 4 is 34.3 Å². The average molecular weight is 558 g/mol. The third-order valence-electron chi connectivity index (χ3n) is 9.35. The molecule has 2 aliphatic carbocycles. The third-order valence-corrected chi connectivity index (χ3v) is 9.58. The van der Waals surface area contributed by atoms with Gasteiger partial charge < -0.3 is 19.7 Å². The molecule has 1 fully saturated rings.